The first-order valence-electron chi connectivity index (χ1n) is 14.9. The summed E-state index contributed by atoms with van der Waals surface area (Å²) in [6.07, 6.45) is 3.14. The SMILES string of the molecule is CCOC(=O)Cn1nncc1COc1ccc2ccccc2c1-c1c(OCc2cnnn2CC(=O)OCC)ccc2ccccc12. The smallest absolute Gasteiger partial charge is 0.327 e. The molecule has 0 saturated carbocycles. The Morgan fingerprint density at radius 2 is 1.04 bits per heavy atom. The van der Waals surface area contributed by atoms with Gasteiger partial charge in [0, 0.05) is 11.1 Å². The van der Waals surface area contributed by atoms with Crippen LogP contribution >= 0.6 is 0 Å². The van der Waals surface area contributed by atoms with Gasteiger partial charge in [0.25, 0.3) is 0 Å². The lowest BCUT2D eigenvalue weighted by Gasteiger charge is -2.20. The topological polar surface area (TPSA) is 132 Å². The number of aromatic nitrogens is 6. The fourth-order valence-electron chi connectivity index (χ4n) is 5.27. The van der Waals surface area contributed by atoms with Crippen molar-refractivity contribution in [2.45, 2.75) is 40.2 Å². The number of benzene rings is 4. The van der Waals surface area contributed by atoms with E-state index in [-0.39, 0.29) is 39.5 Å². The monoisotopic (exact) mass is 620 g/mol. The molecular formula is C34H32N6O6. The van der Waals surface area contributed by atoms with E-state index in [2.05, 4.69) is 20.6 Å². The Morgan fingerprint density at radius 1 is 0.609 bits per heavy atom. The molecule has 0 aliphatic heterocycles. The first kappa shape index (κ1) is 30.3. The van der Waals surface area contributed by atoms with Crippen molar-refractivity contribution < 1.29 is 28.5 Å². The van der Waals surface area contributed by atoms with E-state index in [0.717, 1.165) is 32.7 Å². The molecule has 234 valence electrons. The minimum absolute atomic E-state index is 0.0694. The van der Waals surface area contributed by atoms with Gasteiger partial charge in [-0.3, -0.25) is 9.59 Å². The van der Waals surface area contributed by atoms with Gasteiger partial charge in [-0.1, -0.05) is 71.1 Å². The van der Waals surface area contributed by atoms with Crippen molar-refractivity contribution in [2.75, 3.05) is 13.2 Å². The molecule has 2 aromatic heterocycles. The van der Waals surface area contributed by atoms with E-state index >= 15 is 0 Å². The zero-order chi connectivity index (χ0) is 31.9. The number of hydrogen-bond donors (Lipinski definition) is 0. The second kappa shape index (κ2) is 13.9. The molecule has 0 aliphatic carbocycles. The molecule has 0 bridgehead atoms. The van der Waals surface area contributed by atoms with Crippen LogP contribution < -0.4 is 9.47 Å². The van der Waals surface area contributed by atoms with E-state index in [0.29, 0.717) is 22.9 Å². The Bertz CT molecular complexity index is 1860. The molecule has 4 aromatic carbocycles. The summed E-state index contributed by atoms with van der Waals surface area (Å²) >= 11 is 0. The summed E-state index contributed by atoms with van der Waals surface area (Å²) in [6.45, 7) is 4.14. The first-order valence-corrected chi connectivity index (χ1v) is 14.9. The summed E-state index contributed by atoms with van der Waals surface area (Å²) < 4.78 is 26.1. The molecule has 0 fully saturated rings. The fraction of sp³-hybridized carbons (Fsp3) is 0.235. The third-order valence-corrected chi connectivity index (χ3v) is 7.35. The van der Waals surface area contributed by atoms with Gasteiger partial charge in [0.15, 0.2) is 0 Å². The van der Waals surface area contributed by atoms with Gasteiger partial charge < -0.3 is 18.9 Å². The minimum Gasteiger partial charge on any atom is -0.487 e. The third kappa shape index (κ3) is 6.50. The third-order valence-electron chi connectivity index (χ3n) is 7.35. The lowest BCUT2D eigenvalue weighted by Crippen LogP contribution is -2.17. The summed E-state index contributed by atoms with van der Waals surface area (Å²) in [5, 5.41) is 20.0. The minimum atomic E-state index is -0.406. The van der Waals surface area contributed by atoms with E-state index in [4.69, 9.17) is 18.9 Å². The van der Waals surface area contributed by atoms with Crippen LogP contribution in [0.3, 0.4) is 0 Å². The molecule has 0 N–H and O–H groups in total. The molecular weight excluding hydrogens is 588 g/mol. The molecule has 0 unspecified atom stereocenters. The number of ether oxygens (including phenoxy) is 4. The number of esters is 2. The number of rotatable bonds is 13. The highest BCUT2D eigenvalue weighted by atomic mass is 16.5. The molecule has 0 spiro atoms. The van der Waals surface area contributed by atoms with Gasteiger partial charge in [-0.05, 0) is 47.5 Å². The van der Waals surface area contributed by atoms with Crippen LogP contribution in [0.1, 0.15) is 25.2 Å². The van der Waals surface area contributed by atoms with Crippen LogP contribution in [0.25, 0.3) is 32.7 Å². The zero-order valence-electron chi connectivity index (χ0n) is 25.5. The standard InChI is InChI=1S/C34H32N6O6/c1-3-43-31(41)19-39-25(17-35-37-39)21-45-29-15-13-23-9-5-7-11-27(23)33(29)34-28-12-8-6-10-24(28)14-16-30(34)46-22-26-18-36-38-40(26)20-32(42)44-4-2/h5-18H,3-4,19-22H2,1-2H3. The van der Waals surface area contributed by atoms with Crippen molar-refractivity contribution in [3.8, 4) is 22.6 Å². The van der Waals surface area contributed by atoms with Crippen LogP contribution in [-0.4, -0.2) is 55.1 Å². The predicted octanol–water partition coefficient (Wildman–Crippen LogP) is 5.13. The van der Waals surface area contributed by atoms with Crippen molar-refractivity contribution in [1.29, 1.82) is 0 Å². The highest BCUT2D eigenvalue weighted by Gasteiger charge is 2.21. The average molecular weight is 621 g/mol. The molecule has 6 rings (SSSR count). The van der Waals surface area contributed by atoms with Crippen LogP contribution in [0.15, 0.2) is 85.2 Å². The molecule has 12 heteroatoms. The van der Waals surface area contributed by atoms with Crippen molar-refractivity contribution in [3.05, 3.63) is 96.6 Å². The molecule has 0 saturated heterocycles. The molecule has 2 heterocycles. The van der Waals surface area contributed by atoms with E-state index in [1.165, 1.54) is 9.36 Å². The summed E-state index contributed by atoms with van der Waals surface area (Å²) in [4.78, 5) is 24.3. The van der Waals surface area contributed by atoms with Crippen molar-refractivity contribution in [2.24, 2.45) is 0 Å². The Balaban J connectivity index is 1.40. The van der Waals surface area contributed by atoms with Crippen LogP contribution in [0.5, 0.6) is 11.5 Å². The van der Waals surface area contributed by atoms with E-state index in [1.54, 1.807) is 26.2 Å². The number of carbonyl (C=O) groups excluding carboxylic acids is 2. The van der Waals surface area contributed by atoms with Crippen molar-refractivity contribution in [3.63, 3.8) is 0 Å². The highest BCUT2D eigenvalue weighted by molar-refractivity contribution is 6.09. The van der Waals surface area contributed by atoms with Gasteiger partial charge in [-0.25, -0.2) is 9.36 Å². The Hall–Kier alpha value is -5.78. The Kier molecular flexibility index (Phi) is 9.14. The quantitative estimate of drug-likeness (QED) is 0.160. The maximum Gasteiger partial charge on any atom is 0.327 e. The molecule has 0 amide bonds. The first-order chi connectivity index (χ1) is 22.6. The number of fused-ring (bicyclic) bond motifs is 2. The highest BCUT2D eigenvalue weighted by Crippen LogP contribution is 2.45. The number of carbonyl (C=O) groups is 2. The fourth-order valence-corrected chi connectivity index (χ4v) is 5.27. The van der Waals surface area contributed by atoms with Gasteiger partial charge >= 0.3 is 11.9 Å². The average Bonchev–Trinajstić information content (AvgIpc) is 3.71. The van der Waals surface area contributed by atoms with Crippen LogP contribution in [0, 0.1) is 0 Å². The summed E-state index contributed by atoms with van der Waals surface area (Å²) in [6, 6.07) is 24.0. The van der Waals surface area contributed by atoms with Gasteiger partial charge in [-0.15, -0.1) is 10.2 Å². The number of hydrogen-bond acceptors (Lipinski definition) is 10. The normalized spacial score (nSPS) is 11.1. The van der Waals surface area contributed by atoms with Gasteiger partial charge in [0.2, 0.25) is 0 Å². The molecule has 0 atom stereocenters. The van der Waals surface area contributed by atoms with Crippen LogP contribution in [0.4, 0.5) is 0 Å². The van der Waals surface area contributed by atoms with Crippen molar-refractivity contribution >= 4 is 33.5 Å². The molecule has 0 radical (unpaired) electrons. The maximum absolute atomic E-state index is 12.1. The summed E-state index contributed by atoms with van der Waals surface area (Å²) in [5.41, 5.74) is 2.91. The molecule has 6 aromatic rings. The largest absolute Gasteiger partial charge is 0.487 e. The van der Waals surface area contributed by atoms with E-state index in [9.17, 15) is 9.59 Å². The molecule has 46 heavy (non-hydrogen) atoms. The molecule has 0 aliphatic rings. The van der Waals surface area contributed by atoms with Gasteiger partial charge in [0.1, 0.15) is 37.8 Å². The Labute approximate surface area is 264 Å². The van der Waals surface area contributed by atoms with E-state index in [1.807, 2.05) is 72.8 Å². The van der Waals surface area contributed by atoms with Gasteiger partial charge in [-0.2, -0.15) is 0 Å². The number of nitrogens with zero attached hydrogens (tertiary/aromatic N) is 6. The zero-order valence-corrected chi connectivity index (χ0v) is 25.5. The summed E-state index contributed by atoms with van der Waals surface area (Å²) in [7, 11) is 0. The lowest BCUT2D eigenvalue weighted by molar-refractivity contribution is -0.145. The van der Waals surface area contributed by atoms with Crippen molar-refractivity contribution in [1.82, 2.24) is 30.0 Å². The maximum atomic E-state index is 12.1. The Morgan fingerprint density at radius 3 is 1.48 bits per heavy atom. The second-order valence-corrected chi connectivity index (χ2v) is 10.3. The van der Waals surface area contributed by atoms with Crippen LogP contribution in [0.2, 0.25) is 0 Å². The molecule has 12 nitrogen and oxygen atoms in total. The van der Waals surface area contributed by atoms with Crippen LogP contribution in [-0.2, 0) is 45.4 Å². The summed E-state index contributed by atoms with van der Waals surface area (Å²) in [5.74, 6) is 0.407. The van der Waals surface area contributed by atoms with Gasteiger partial charge in [0.05, 0.1) is 37.0 Å². The lowest BCUT2D eigenvalue weighted by atomic mass is 9.92. The predicted molar refractivity (Wildman–Crippen MR) is 169 cm³/mol. The second-order valence-electron chi connectivity index (χ2n) is 10.3. The van der Waals surface area contributed by atoms with E-state index < -0.39 is 11.9 Å².